The van der Waals surface area contributed by atoms with Crippen LogP contribution in [0, 0.1) is 5.41 Å². The largest absolute Gasteiger partial charge is 0.0991 e. The number of allylic oxidation sites excluding steroid dienone is 14. The fourth-order valence-electron chi connectivity index (χ4n) is 2.48. The molecule has 0 spiro atoms. The Morgan fingerprint density at radius 3 is 1.42 bits per heavy atom. The molecule has 0 aliphatic carbocycles. The molecule has 0 unspecified atom stereocenters. The molecule has 0 radical (unpaired) electrons. The van der Waals surface area contributed by atoms with Crippen LogP contribution in [0.5, 0.6) is 0 Å². The molecule has 0 aliphatic heterocycles. The van der Waals surface area contributed by atoms with Gasteiger partial charge in [0.05, 0.1) is 0 Å². The van der Waals surface area contributed by atoms with E-state index in [1.165, 1.54) is 16.7 Å². The van der Waals surface area contributed by atoms with Crippen molar-refractivity contribution in [1.82, 2.24) is 0 Å². The molecular weight excluding hydrogens is 312 g/mol. The lowest BCUT2D eigenvalue weighted by atomic mass is 9.69. The highest BCUT2D eigenvalue weighted by molar-refractivity contribution is 5.49. The summed E-state index contributed by atoms with van der Waals surface area (Å²) in [5.74, 6) is 0. The van der Waals surface area contributed by atoms with E-state index in [0.717, 1.165) is 0 Å². The molecule has 0 heteroatoms. The predicted octanol–water partition coefficient (Wildman–Crippen LogP) is 9.19. The summed E-state index contributed by atoms with van der Waals surface area (Å²) >= 11 is 0. The van der Waals surface area contributed by atoms with Crippen molar-refractivity contribution in [1.29, 1.82) is 0 Å². The average molecular weight is 357 g/mol. The standard InChI is InChI=1S/C22H30.C2H6.2CH4/c1-8-13-16-19(6)22(7,20(11-4)17-14-9-2)21(12-5)18-15-10-3;1-2;;/h8-18H,2-3H2,1,4-7H3;1-2H3;2*1H4/b13-8-,17-14-,18-15-,19-16+,20-11+,21-12+;;;. The maximum Gasteiger partial charge on any atom is 0.0376 e. The second-order valence-corrected chi connectivity index (χ2v) is 5.18. The summed E-state index contributed by atoms with van der Waals surface area (Å²) in [5.41, 5.74) is 3.58. The van der Waals surface area contributed by atoms with Crippen molar-refractivity contribution >= 4 is 0 Å². The summed E-state index contributed by atoms with van der Waals surface area (Å²) in [5, 5.41) is 0. The minimum atomic E-state index is -0.192. The van der Waals surface area contributed by atoms with Crippen molar-refractivity contribution in [3.8, 4) is 0 Å². The van der Waals surface area contributed by atoms with Crippen molar-refractivity contribution in [3.05, 3.63) is 96.7 Å². The molecule has 0 bridgehead atoms. The number of hydrogen-bond donors (Lipinski definition) is 0. The number of rotatable bonds is 8. The van der Waals surface area contributed by atoms with Crippen molar-refractivity contribution in [2.24, 2.45) is 5.41 Å². The second-order valence-electron chi connectivity index (χ2n) is 5.18. The van der Waals surface area contributed by atoms with Gasteiger partial charge in [0.25, 0.3) is 0 Å². The van der Waals surface area contributed by atoms with Crippen molar-refractivity contribution in [2.75, 3.05) is 0 Å². The van der Waals surface area contributed by atoms with E-state index in [1.54, 1.807) is 0 Å². The molecule has 0 heterocycles. The van der Waals surface area contributed by atoms with Gasteiger partial charge in [-0.3, -0.25) is 0 Å². The highest BCUT2D eigenvalue weighted by atomic mass is 14.3. The molecule has 0 N–H and O–H groups in total. The Morgan fingerprint density at radius 2 is 1.15 bits per heavy atom. The minimum absolute atomic E-state index is 0. The first-order valence-electron chi connectivity index (χ1n) is 8.74. The minimum Gasteiger partial charge on any atom is -0.0991 e. The molecule has 0 saturated heterocycles. The van der Waals surface area contributed by atoms with E-state index in [9.17, 15) is 0 Å². The Labute approximate surface area is 165 Å². The summed E-state index contributed by atoms with van der Waals surface area (Å²) < 4.78 is 0. The topological polar surface area (TPSA) is 0 Å². The summed E-state index contributed by atoms with van der Waals surface area (Å²) in [7, 11) is 0. The summed E-state index contributed by atoms with van der Waals surface area (Å²) in [4.78, 5) is 0. The van der Waals surface area contributed by atoms with Gasteiger partial charge in [-0.25, -0.2) is 0 Å². The molecule has 0 atom stereocenters. The van der Waals surface area contributed by atoms with Crippen molar-refractivity contribution < 1.29 is 0 Å². The lowest BCUT2D eigenvalue weighted by Gasteiger charge is -2.34. The van der Waals surface area contributed by atoms with Crippen LogP contribution in [0.1, 0.15) is 63.3 Å². The van der Waals surface area contributed by atoms with Gasteiger partial charge < -0.3 is 0 Å². The van der Waals surface area contributed by atoms with Crippen molar-refractivity contribution in [2.45, 2.75) is 63.3 Å². The van der Waals surface area contributed by atoms with Crippen LogP contribution in [-0.2, 0) is 0 Å². The lowest BCUT2D eigenvalue weighted by Crippen LogP contribution is -2.22. The lowest BCUT2D eigenvalue weighted by molar-refractivity contribution is 0.599. The molecule has 0 aliphatic rings. The van der Waals surface area contributed by atoms with E-state index in [0.29, 0.717) is 0 Å². The summed E-state index contributed by atoms with van der Waals surface area (Å²) in [6.45, 7) is 22.2. The molecule has 26 heavy (non-hydrogen) atoms. The summed E-state index contributed by atoms with van der Waals surface area (Å²) in [6, 6.07) is 0. The molecule has 0 aromatic rings. The Bertz CT molecular complexity index is 509. The van der Waals surface area contributed by atoms with Crippen LogP contribution < -0.4 is 0 Å². The van der Waals surface area contributed by atoms with Crippen LogP contribution in [0.4, 0.5) is 0 Å². The van der Waals surface area contributed by atoms with Gasteiger partial charge in [0.2, 0.25) is 0 Å². The monoisotopic (exact) mass is 356 g/mol. The van der Waals surface area contributed by atoms with Gasteiger partial charge in [0.1, 0.15) is 0 Å². The SMILES string of the molecule is C.C.C=C/C=C\C(=C/C)C(C)(/C(C)=C/C=C\C)C(/C=C\C=C)=C/C.CC. The molecule has 0 amide bonds. The molecule has 0 aromatic heterocycles. The first-order valence-corrected chi connectivity index (χ1v) is 8.74. The molecule has 148 valence electrons. The van der Waals surface area contributed by atoms with Gasteiger partial charge in [-0.15, -0.1) is 0 Å². The van der Waals surface area contributed by atoms with E-state index >= 15 is 0 Å². The normalized spacial score (nSPS) is 15.0. The van der Waals surface area contributed by atoms with E-state index in [2.05, 4.69) is 77.3 Å². The van der Waals surface area contributed by atoms with Crippen LogP contribution >= 0.6 is 0 Å². The fourth-order valence-corrected chi connectivity index (χ4v) is 2.48. The first-order chi connectivity index (χ1) is 11.5. The Morgan fingerprint density at radius 1 is 0.769 bits per heavy atom. The van der Waals surface area contributed by atoms with Crippen LogP contribution in [0.25, 0.3) is 0 Å². The van der Waals surface area contributed by atoms with E-state index in [1.807, 2.05) is 51.2 Å². The Hall–Kier alpha value is -2.08. The zero-order chi connectivity index (χ0) is 19.0. The van der Waals surface area contributed by atoms with E-state index in [4.69, 9.17) is 0 Å². The van der Waals surface area contributed by atoms with Gasteiger partial charge in [-0.1, -0.05) is 114 Å². The molecule has 0 aromatic carbocycles. The van der Waals surface area contributed by atoms with Gasteiger partial charge in [-0.05, 0) is 45.8 Å². The average Bonchev–Trinajstić information content (AvgIpc) is 2.62. The zero-order valence-corrected chi connectivity index (χ0v) is 16.8. The third kappa shape index (κ3) is 9.42. The predicted molar refractivity (Wildman–Crippen MR) is 128 cm³/mol. The maximum absolute atomic E-state index is 3.78. The van der Waals surface area contributed by atoms with Crippen LogP contribution in [0.2, 0.25) is 0 Å². The Kier molecular flexibility index (Phi) is 23.4. The fraction of sp³-hybridized carbons (Fsp3) is 0.385. The molecule has 0 rings (SSSR count). The summed E-state index contributed by atoms with van der Waals surface area (Å²) in [6.07, 6.45) is 22.5. The van der Waals surface area contributed by atoms with Crippen LogP contribution in [-0.4, -0.2) is 0 Å². The van der Waals surface area contributed by atoms with Gasteiger partial charge in [-0.2, -0.15) is 0 Å². The highest BCUT2D eigenvalue weighted by Gasteiger charge is 2.31. The molecule has 0 saturated carbocycles. The van der Waals surface area contributed by atoms with E-state index < -0.39 is 0 Å². The van der Waals surface area contributed by atoms with Gasteiger partial charge in [0.15, 0.2) is 0 Å². The third-order valence-electron chi connectivity index (χ3n) is 3.93. The van der Waals surface area contributed by atoms with Crippen LogP contribution in [0.15, 0.2) is 96.7 Å². The Balaban J connectivity index is -0.000000582. The van der Waals surface area contributed by atoms with Crippen LogP contribution in [0.3, 0.4) is 0 Å². The number of hydrogen-bond acceptors (Lipinski definition) is 0. The first kappa shape index (κ1) is 31.7. The van der Waals surface area contributed by atoms with E-state index in [-0.39, 0.29) is 20.3 Å². The molecule has 0 nitrogen and oxygen atoms in total. The molecular formula is C26H44. The van der Waals surface area contributed by atoms with Gasteiger partial charge in [0, 0.05) is 5.41 Å². The maximum atomic E-state index is 3.78. The van der Waals surface area contributed by atoms with Gasteiger partial charge >= 0.3 is 0 Å². The second kappa shape index (κ2) is 19.2. The highest BCUT2D eigenvalue weighted by Crippen LogP contribution is 2.43. The third-order valence-corrected chi connectivity index (χ3v) is 3.93. The zero-order valence-electron chi connectivity index (χ0n) is 16.8. The molecule has 0 fully saturated rings. The van der Waals surface area contributed by atoms with Crippen molar-refractivity contribution in [3.63, 3.8) is 0 Å². The quantitative estimate of drug-likeness (QED) is 0.380. The smallest absolute Gasteiger partial charge is 0.0376 e.